The maximum Gasteiger partial charge on any atom is 0.333 e. The van der Waals surface area contributed by atoms with Crippen LogP contribution in [0.15, 0.2) is 176 Å². The fraction of sp³-hybridized carbons (Fsp3) is 0. The standard InChI is InChI=1S/C52H29BN2S2/c1-2-12-30(13-3-1)32-28-40-47-42(27-26-39-35-17-7-9-23-46(35)57-52(39)47)55(43-21-11-19-38-34-16-6-8-22-45(34)56-51(38)43)53-41-20-10-18-36-37-25-24-31-14-4-5-15-33(31)49(37)54(50(36)41)44(29-32)48(40)53/h1-29H. The highest BCUT2D eigenvalue weighted by molar-refractivity contribution is 7.27. The minimum absolute atomic E-state index is 0.0539. The Labute approximate surface area is 336 Å². The summed E-state index contributed by atoms with van der Waals surface area (Å²) in [6.45, 7) is -0.0539. The lowest BCUT2D eigenvalue weighted by molar-refractivity contribution is 1.19. The summed E-state index contributed by atoms with van der Waals surface area (Å²) in [6, 6.07) is 66.2. The minimum atomic E-state index is -0.0539. The molecule has 14 rings (SSSR count). The van der Waals surface area contributed by atoms with Crippen LogP contribution in [0.4, 0.5) is 11.4 Å². The van der Waals surface area contributed by atoms with Gasteiger partial charge in [0.15, 0.2) is 0 Å². The average molecular weight is 757 g/mol. The molecule has 0 atom stereocenters. The lowest BCUT2D eigenvalue weighted by atomic mass is 9.44. The van der Waals surface area contributed by atoms with Crippen LogP contribution in [-0.2, 0) is 0 Å². The summed E-state index contributed by atoms with van der Waals surface area (Å²) >= 11 is 3.85. The predicted molar refractivity (Wildman–Crippen MR) is 249 cm³/mol. The van der Waals surface area contributed by atoms with Crippen molar-refractivity contribution in [3.05, 3.63) is 176 Å². The molecule has 0 bridgehead atoms. The molecule has 0 fully saturated rings. The van der Waals surface area contributed by atoms with Crippen LogP contribution in [0.5, 0.6) is 0 Å². The van der Waals surface area contributed by atoms with E-state index < -0.39 is 0 Å². The molecule has 2 nitrogen and oxygen atoms in total. The van der Waals surface area contributed by atoms with Gasteiger partial charge in [0.05, 0.1) is 15.7 Å². The van der Waals surface area contributed by atoms with E-state index >= 15 is 0 Å². The molecule has 0 saturated carbocycles. The molecule has 0 unspecified atom stereocenters. The first-order chi connectivity index (χ1) is 28.3. The van der Waals surface area contributed by atoms with Gasteiger partial charge in [-0.2, -0.15) is 0 Å². The molecular formula is C52H29BN2S2. The van der Waals surface area contributed by atoms with Crippen molar-refractivity contribution in [3.8, 4) is 27.9 Å². The van der Waals surface area contributed by atoms with Crippen molar-refractivity contribution >= 4 is 125 Å². The van der Waals surface area contributed by atoms with Gasteiger partial charge in [-0.25, -0.2) is 0 Å². The largest absolute Gasteiger partial charge is 0.375 e. The Bertz CT molecular complexity index is 3720. The van der Waals surface area contributed by atoms with Crippen LogP contribution in [-0.4, -0.2) is 11.4 Å². The zero-order valence-corrected chi connectivity index (χ0v) is 32.2. The number of hydrogen-bond acceptors (Lipinski definition) is 3. The maximum absolute atomic E-state index is 2.72. The average Bonchev–Trinajstić information content (AvgIpc) is 3.96. The van der Waals surface area contributed by atoms with Gasteiger partial charge in [0.25, 0.3) is 0 Å². The number of fused-ring (bicyclic) bond motifs is 16. The molecular weight excluding hydrogens is 728 g/mol. The van der Waals surface area contributed by atoms with Gasteiger partial charge in [0.2, 0.25) is 0 Å². The zero-order valence-electron chi connectivity index (χ0n) is 30.5. The third kappa shape index (κ3) is 3.90. The fourth-order valence-corrected chi connectivity index (χ4v) is 12.9. The van der Waals surface area contributed by atoms with Gasteiger partial charge < -0.3 is 9.38 Å². The first-order valence-corrected chi connectivity index (χ1v) is 21.3. The van der Waals surface area contributed by atoms with E-state index in [4.69, 9.17) is 0 Å². The van der Waals surface area contributed by atoms with E-state index in [9.17, 15) is 0 Å². The summed E-state index contributed by atoms with van der Waals surface area (Å²) in [4.78, 5) is 2.72. The first-order valence-electron chi connectivity index (χ1n) is 19.6. The Morgan fingerprint density at radius 1 is 0.404 bits per heavy atom. The van der Waals surface area contributed by atoms with E-state index in [-0.39, 0.29) is 6.85 Å². The molecule has 0 N–H and O–H groups in total. The number of nitrogens with zero attached hydrogens (tertiary/aromatic N) is 2. The topological polar surface area (TPSA) is 8.17 Å². The van der Waals surface area contributed by atoms with Crippen LogP contribution < -0.4 is 15.7 Å². The molecule has 0 spiro atoms. The molecule has 5 heterocycles. The van der Waals surface area contributed by atoms with E-state index in [2.05, 4.69) is 185 Å². The minimum Gasteiger partial charge on any atom is -0.375 e. The smallest absolute Gasteiger partial charge is 0.333 e. The molecule has 2 aliphatic rings. The van der Waals surface area contributed by atoms with E-state index in [1.165, 1.54) is 123 Å². The lowest BCUT2D eigenvalue weighted by Crippen LogP contribution is -2.60. The number of aromatic nitrogens is 1. The zero-order chi connectivity index (χ0) is 36.9. The molecule has 0 saturated heterocycles. The van der Waals surface area contributed by atoms with Crippen LogP contribution in [0.1, 0.15) is 0 Å². The summed E-state index contributed by atoms with van der Waals surface area (Å²) in [6.07, 6.45) is 0. The van der Waals surface area contributed by atoms with E-state index in [0.29, 0.717) is 0 Å². The van der Waals surface area contributed by atoms with Crippen molar-refractivity contribution < 1.29 is 0 Å². The summed E-state index contributed by atoms with van der Waals surface area (Å²) < 4.78 is 7.96. The fourth-order valence-electron chi connectivity index (χ4n) is 10.4. The Balaban J connectivity index is 1.22. The Morgan fingerprint density at radius 3 is 1.89 bits per heavy atom. The van der Waals surface area contributed by atoms with Crippen molar-refractivity contribution in [3.63, 3.8) is 0 Å². The van der Waals surface area contributed by atoms with Gasteiger partial charge in [0, 0.05) is 74.4 Å². The van der Waals surface area contributed by atoms with Gasteiger partial charge in [-0.05, 0) is 69.4 Å². The van der Waals surface area contributed by atoms with Crippen LogP contribution in [0.2, 0.25) is 0 Å². The molecule has 0 aliphatic carbocycles. The van der Waals surface area contributed by atoms with Crippen LogP contribution in [0.25, 0.3) is 101 Å². The van der Waals surface area contributed by atoms with Crippen LogP contribution >= 0.6 is 22.7 Å². The quantitative estimate of drug-likeness (QED) is 0.160. The van der Waals surface area contributed by atoms with Gasteiger partial charge in [0.1, 0.15) is 0 Å². The molecule has 9 aromatic carbocycles. The van der Waals surface area contributed by atoms with Crippen molar-refractivity contribution in [2.45, 2.75) is 0 Å². The first kappa shape index (κ1) is 30.6. The number of anilines is 2. The van der Waals surface area contributed by atoms with Crippen molar-refractivity contribution in [1.82, 2.24) is 4.57 Å². The van der Waals surface area contributed by atoms with Gasteiger partial charge in [-0.15, -0.1) is 22.7 Å². The highest BCUT2D eigenvalue weighted by atomic mass is 32.1. The second-order valence-electron chi connectivity index (χ2n) is 15.5. The van der Waals surface area contributed by atoms with Crippen molar-refractivity contribution in [2.75, 3.05) is 4.81 Å². The SMILES string of the molecule is c1ccc(-c2cc3c4c(c2)-n2c5c(cccc5c5ccc6ccccc6c52)B4N(c2cccc4c2sc2ccccc24)c2ccc4c(sc5ccccc54)c2-3)cc1. The summed E-state index contributed by atoms with van der Waals surface area (Å²) in [5, 5.41) is 10.4. The summed E-state index contributed by atoms with van der Waals surface area (Å²) in [7, 11) is 0. The highest BCUT2D eigenvalue weighted by Crippen LogP contribution is 2.53. The van der Waals surface area contributed by atoms with Gasteiger partial charge >= 0.3 is 6.85 Å². The molecule has 0 amide bonds. The van der Waals surface area contributed by atoms with Gasteiger partial charge in [-0.1, -0.05) is 140 Å². The van der Waals surface area contributed by atoms with E-state index in [1.54, 1.807) is 0 Å². The van der Waals surface area contributed by atoms with Crippen molar-refractivity contribution in [2.24, 2.45) is 0 Å². The molecule has 2 aliphatic heterocycles. The highest BCUT2D eigenvalue weighted by Gasteiger charge is 2.45. The molecule has 0 radical (unpaired) electrons. The Hall–Kier alpha value is -6.66. The number of benzene rings is 9. The summed E-state index contributed by atoms with van der Waals surface area (Å²) in [5.74, 6) is 0. The third-order valence-electron chi connectivity index (χ3n) is 12.7. The monoisotopic (exact) mass is 756 g/mol. The summed E-state index contributed by atoms with van der Waals surface area (Å²) in [5.41, 5.74) is 14.2. The third-order valence-corrected chi connectivity index (χ3v) is 15.1. The van der Waals surface area contributed by atoms with Gasteiger partial charge in [-0.3, -0.25) is 0 Å². The van der Waals surface area contributed by atoms with E-state index in [0.717, 1.165) is 0 Å². The number of para-hydroxylation sites is 1. The molecule has 3 aromatic heterocycles. The second kappa shape index (κ2) is 11.0. The molecule has 57 heavy (non-hydrogen) atoms. The molecule has 5 heteroatoms. The maximum atomic E-state index is 2.72. The van der Waals surface area contributed by atoms with Crippen LogP contribution in [0.3, 0.4) is 0 Å². The van der Waals surface area contributed by atoms with Crippen LogP contribution in [0, 0.1) is 0 Å². The predicted octanol–water partition coefficient (Wildman–Crippen LogP) is 13.6. The Morgan fingerprint density at radius 2 is 1.05 bits per heavy atom. The Kier molecular flexibility index (Phi) is 5.90. The number of thiophene rings is 2. The number of hydrogen-bond donors (Lipinski definition) is 0. The second-order valence-corrected chi connectivity index (χ2v) is 17.6. The lowest BCUT2D eigenvalue weighted by Gasteiger charge is -2.42. The normalized spacial score (nSPS) is 13.2. The molecule has 12 aromatic rings. The van der Waals surface area contributed by atoms with Crippen molar-refractivity contribution in [1.29, 1.82) is 0 Å². The number of rotatable bonds is 2. The molecule has 262 valence electrons. The van der Waals surface area contributed by atoms with E-state index in [1.807, 2.05) is 22.7 Å².